The molecule has 0 unspecified atom stereocenters. The number of rotatable bonds is 6. The maximum Gasteiger partial charge on any atom is 0.339 e. The van der Waals surface area contributed by atoms with E-state index in [-0.39, 0.29) is 25.2 Å². The van der Waals surface area contributed by atoms with Gasteiger partial charge in [-0.1, -0.05) is 67.6 Å². The van der Waals surface area contributed by atoms with Gasteiger partial charge in [0.1, 0.15) is 0 Å². The molecule has 1 spiro atoms. The molecule has 2 aromatic rings. The van der Waals surface area contributed by atoms with Crippen LogP contribution in [0.2, 0.25) is 0 Å². The Morgan fingerprint density at radius 1 is 0.912 bits per heavy atom. The molecule has 0 bridgehead atoms. The Morgan fingerprint density at radius 3 is 2.12 bits per heavy atom. The highest BCUT2D eigenvalue weighted by molar-refractivity contribution is 6.09. The highest BCUT2D eigenvalue weighted by atomic mass is 16.6. The summed E-state index contributed by atoms with van der Waals surface area (Å²) in [6, 6.07) is 19.6. The van der Waals surface area contributed by atoms with Crippen molar-refractivity contribution < 1.29 is 23.8 Å². The lowest BCUT2D eigenvalue weighted by molar-refractivity contribution is -0.159. The van der Waals surface area contributed by atoms with E-state index in [0.29, 0.717) is 30.7 Å². The normalized spacial score (nSPS) is 25.4. The highest BCUT2D eigenvalue weighted by Gasteiger charge is 2.73. The molecule has 0 saturated carbocycles. The minimum Gasteiger partial charge on any atom is -0.463 e. The molecule has 2 aliphatic heterocycles. The van der Waals surface area contributed by atoms with Gasteiger partial charge in [0.25, 0.3) is 0 Å². The minimum absolute atomic E-state index is 0.270. The summed E-state index contributed by atoms with van der Waals surface area (Å²) in [7, 11) is 0. The van der Waals surface area contributed by atoms with Crippen molar-refractivity contribution in [2.24, 2.45) is 5.41 Å². The lowest BCUT2D eigenvalue weighted by atomic mass is 9.51. The van der Waals surface area contributed by atoms with Crippen LogP contribution in [0.5, 0.6) is 0 Å². The molecule has 0 N–H and O–H groups in total. The quantitative estimate of drug-likeness (QED) is 0.596. The fraction of sp³-hybridized carbons (Fsp3) is 0.357. The van der Waals surface area contributed by atoms with Crippen LogP contribution in [-0.2, 0) is 23.8 Å². The minimum atomic E-state index is -1.01. The molecule has 2 heterocycles. The van der Waals surface area contributed by atoms with E-state index in [2.05, 4.69) is 11.8 Å². The maximum atomic E-state index is 13.4. The van der Waals surface area contributed by atoms with Crippen LogP contribution in [0.4, 0.5) is 0 Å². The molecule has 0 amide bonds. The number of ether oxygens (including phenoxy) is 3. The van der Waals surface area contributed by atoms with E-state index in [1.807, 2.05) is 67.6 Å². The smallest absolute Gasteiger partial charge is 0.339 e. The summed E-state index contributed by atoms with van der Waals surface area (Å²) in [6.07, 6.45) is 0.389. The summed E-state index contributed by atoms with van der Waals surface area (Å²) in [4.78, 5) is 28.8. The molecule has 176 valence electrons. The second-order valence-electron chi connectivity index (χ2n) is 8.90. The van der Waals surface area contributed by atoms with Gasteiger partial charge in [-0.25, -0.2) is 9.59 Å². The number of hydrogen-bond donors (Lipinski definition) is 0. The van der Waals surface area contributed by atoms with Crippen LogP contribution in [0.1, 0.15) is 38.3 Å². The van der Waals surface area contributed by atoms with Crippen LogP contribution in [0.25, 0.3) is 11.3 Å². The van der Waals surface area contributed by atoms with Gasteiger partial charge in [-0.3, -0.25) is 0 Å². The molecule has 1 fully saturated rings. The summed E-state index contributed by atoms with van der Waals surface area (Å²) < 4.78 is 17.5. The Balaban J connectivity index is 1.77. The molecule has 5 rings (SSSR count). The Kier molecular flexibility index (Phi) is 5.56. The molecular weight excluding hydrogens is 430 g/mol. The summed E-state index contributed by atoms with van der Waals surface area (Å²) in [6.45, 7) is 7.24. The number of nitrogens with zero attached hydrogens (tertiary/aromatic N) is 1. The average Bonchev–Trinajstić information content (AvgIpc) is 3.30. The van der Waals surface area contributed by atoms with E-state index < -0.39 is 11.1 Å². The van der Waals surface area contributed by atoms with Gasteiger partial charge in [-0.05, 0) is 37.0 Å². The molecule has 6 heteroatoms. The third-order valence-electron chi connectivity index (χ3n) is 7.09. The average molecular weight is 460 g/mol. The first-order valence-electron chi connectivity index (χ1n) is 11.8. The van der Waals surface area contributed by atoms with Crippen LogP contribution in [-0.4, -0.2) is 48.9 Å². The largest absolute Gasteiger partial charge is 0.463 e. The first kappa shape index (κ1) is 22.4. The fourth-order valence-corrected chi connectivity index (χ4v) is 5.91. The van der Waals surface area contributed by atoms with Gasteiger partial charge in [0.15, 0.2) is 5.72 Å². The fourth-order valence-electron chi connectivity index (χ4n) is 5.91. The van der Waals surface area contributed by atoms with Crippen molar-refractivity contribution in [1.82, 2.24) is 4.90 Å². The summed E-state index contributed by atoms with van der Waals surface area (Å²) in [5.41, 5.74) is 2.94. The standard InChI is InChI=1S/C28H29NO5/c1-4-32-25(30)21-18-27(3)22(19-12-8-6-9-13-19)23(26(31)33-5-2)28(27)29(16-17-34-28)24(21)20-14-10-7-11-15-20/h6-15H,4-5,16-18H2,1-3H3/t27-,28-/m1/s1. The van der Waals surface area contributed by atoms with Crippen LogP contribution in [0.15, 0.2) is 71.8 Å². The van der Waals surface area contributed by atoms with Crippen molar-refractivity contribution in [3.63, 3.8) is 0 Å². The molecule has 0 aromatic heterocycles. The Bertz CT molecular complexity index is 1190. The SMILES string of the molecule is CCOC(=O)C1=C(c2ccccc2)N2CCO[C@@]23C(C(=O)OCC)=C(c2ccccc2)[C@@]3(C)C1. The van der Waals surface area contributed by atoms with Crippen molar-refractivity contribution in [2.75, 3.05) is 26.4 Å². The second-order valence-corrected chi connectivity index (χ2v) is 8.90. The third-order valence-corrected chi connectivity index (χ3v) is 7.09. The van der Waals surface area contributed by atoms with E-state index in [1.165, 1.54) is 0 Å². The van der Waals surface area contributed by atoms with Gasteiger partial charge in [0, 0.05) is 6.54 Å². The molecule has 2 aromatic carbocycles. The highest BCUT2D eigenvalue weighted by Crippen LogP contribution is 2.69. The number of hydrogen-bond acceptors (Lipinski definition) is 6. The number of esters is 2. The summed E-state index contributed by atoms with van der Waals surface area (Å²) >= 11 is 0. The molecular formula is C28H29NO5. The van der Waals surface area contributed by atoms with Crippen LogP contribution in [0.3, 0.4) is 0 Å². The van der Waals surface area contributed by atoms with Gasteiger partial charge >= 0.3 is 11.9 Å². The molecule has 2 atom stereocenters. The van der Waals surface area contributed by atoms with Crippen molar-refractivity contribution in [2.45, 2.75) is 32.9 Å². The van der Waals surface area contributed by atoms with Crippen LogP contribution in [0, 0.1) is 5.41 Å². The van der Waals surface area contributed by atoms with Crippen molar-refractivity contribution in [3.05, 3.63) is 82.9 Å². The number of carbonyl (C=O) groups is 2. The molecule has 6 nitrogen and oxygen atoms in total. The summed E-state index contributed by atoms with van der Waals surface area (Å²) in [5, 5.41) is 0. The molecule has 34 heavy (non-hydrogen) atoms. The Morgan fingerprint density at radius 2 is 1.50 bits per heavy atom. The second kappa shape index (κ2) is 8.44. The van der Waals surface area contributed by atoms with Crippen molar-refractivity contribution in [3.8, 4) is 0 Å². The topological polar surface area (TPSA) is 65.1 Å². The van der Waals surface area contributed by atoms with Crippen molar-refractivity contribution in [1.29, 1.82) is 0 Å². The number of carbonyl (C=O) groups excluding carboxylic acids is 2. The molecule has 3 aliphatic rings. The molecule has 0 radical (unpaired) electrons. The van der Waals surface area contributed by atoms with Gasteiger partial charge in [-0.2, -0.15) is 0 Å². The van der Waals surface area contributed by atoms with Gasteiger partial charge in [-0.15, -0.1) is 0 Å². The summed E-state index contributed by atoms with van der Waals surface area (Å²) in [5.74, 6) is -0.710. The maximum absolute atomic E-state index is 13.4. The van der Waals surface area contributed by atoms with E-state index in [4.69, 9.17) is 14.2 Å². The lowest BCUT2D eigenvalue weighted by Crippen LogP contribution is -2.68. The van der Waals surface area contributed by atoms with E-state index in [9.17, 15) is 9.59 Å². The molecule has 1 aliphatic carbocycles. The van der Waals surface area contributed by atoms with Gasteiger partial charge in [0.05, 0.1) is 42.1 Å². The van der Waals surface area contributed by atoms with Gasteiger partial charge < -0.3 is 19.1 Å². The third kappa shape index (κ3) is 2.98. The van der Waals surface area contributed by atoms with Crippen molar-refractivity contribution >= 4 is 23.2 Å². The predicted octanol–water partition coefficient (Wildman–Crippen LogP) is 4.43. The predicted molar refractivity (Wildman–Crippen MR) is 128 cm³/mol. The first-order valence-corrected chi connectivity index (χ1v) is 11.8. The monoisotopic (exact) mass is 459 g/mol. The number of benzene rings is 2. The zero-order valence-electron chi connectivity index (χ0n) is 19.8. The molecule has 1 saturated heterocycles. The zero-order chi connectivity index (χ0) is 23.9. The van der Waals surface area contributed by atoms with Crippen LogP contribution < -0.4 is 0 Å². The Hall–Kier alpha value is -3.38. The first-order chi connectivity index (χ1) is 16.5. The van der Waals surface area contributed by atoms with E-state index >= 15 is 0 Å². The zero-order valence-corrected chi connectivity index (χ0v) is 19.8. The van der Waals surface area contributed by atoms with E-state index in [1.54, 1.807) is 6.92 Å². The van der Waals surface area contributed by atoms with Gasteiger partial charge in [0.2, 0.25) is 0 Å². The lowest BCUT2D eigenvalue weighted by Gasteiger charge is -2.63. The Labute approximate surface area is 199 Å². The van der Waals surface area contributed by atoms with Crippen LogP contribution >= 0.6 is 0 Å². The van der Waals surface area contributed by atoms with E-state index in [0.717, 1.165) is 22.4 Å².